The van der Waals surface area contributed by atoms with E-state index in [1.165, 1.54) is 5.56 Å². The number of aliphatic carboxylic acids is 1. The van der Waals surface area contributed by atoms with Gasteiger partial charge in [-0.25, -0.2) is 0 Å². The van der Waals surface area contributed by atoms with E-state index in [1.54, 1.807) is 6.92 Å². The first-order valence-corrected chi connectivity index (χ1v) is 6.58. The number of rotatable bonds is 7. The SMILES string of the molecule is CCC(CNC(=O)CCc1ccc(C)cc1)C(=O)O. The molecule has 1 unspecified atom stereocenters. The van der Waals surface area contributed by atoms with E-state index in [2.05, 4.69) is 5.32 Å². The van der Waals surface area contributed by atoms with Crippen LogP contribution in [0.4, 0.5) is 0 Å². The van der Waals surface area contributed by atoms with Gasteiger partial charge in [0.15, 0.2) is 0 Å². The Balaban J connectivity index is 2.31. The molecule has 104 valence electrons. The van der Waals surface area contributed by atoms with Crippen molar-refractivity contribution in [2.45, 2.75) is 33.1 Å². The van der Waals surface area contributed by atoms with Crippen molar-refractivity contribution < 1.29 is 14.7 Å². The van der Waals surface area contributed by atoms with Gasteiger partial charge in [0.25, 0.3) is 0 Å². The van der Waals surface area contributed by atoms with Gasteiger partial charge < -0.3 is 10.4 Å². The molecule has 0 saturated carbocycles. The Morgan fingerprint density at radius 2 is 1.89 bits per heavy atom. The summed E-state index contributed by atoms with van der Waals surface area (Å²) < 4.78 is 0. The minimum atomic E-state index is -0.860. The van der Waals surface area contributed by atoms with Crippen LogP contribution in [0.25, 0.3) is 0 Å². The van der Waals surface area contributed by atoms with Crippen LogP contribution in [0.15, 0.2) is 24.3 Å². The lowest BCUT2D eigenvalue weighted by Crippen LogP contribution is -2.32. The molecule has 0 aromatic heterocycles. The summed E-state index contributed by atoms with van der Waals surface area (Å²) >= 11 is 0. The Kier molecular flexibility index (Phi) is 6.06. The predicted molar refractivity (Wildman–Crippen MR) is 73.9 cm³/mol. The lowest BCUT2D eigenvalue weighted by atomic mass is 10.1. The summed E-state index contributed by atoms with van der Waals surface area (Å²) in [4.78, 5) is 22.4. The molecular formula is C15H21NO3. The Bertz CT molecular complexity index is 426. The van der Waals surface area contributed by atoms with E-state index in [4.69, 9.17) is 5.11 Å². The molecule has 4 heteroatoms. The van der Waals surface area contributed by atoms with Crippen molar-refractivity contribution in [1.29, 1.82) is 0 Å². The van der Waals surface area contributed by atoms with Gasteiger partial charge in [0, 0.05) is 13.0 Å². The van der Waals surface area contributed by atoms with E-state index < -0.39 is 11.9 Å². The molecule has 1 aromatic carbocycles. The quantitative estimate of drug-likeness (QED) is 0.792. The first-order valence-electron chi connectivity index (χ1n) is 6.58. The Hall–Kier alpha value is -1.84. The molecule has 1 aromatic rings. The molecule has 1 rings (SSSR count). The fraction of sp³-hybridized carbons (Fsp3) is 0.467. The molecule has 0 fully saturated rings. The van der Waals surface area contributed by atoms with E-state index in [9.17, 15) is 9.59 Å². The van der Waals surface area contributed by atoms with Gasteiger partial charge >= 0.3 is 5.97 Å². The van der Waals surface area contributed by atoms with Crippen LogP contribution in [-0.2, 0) is 16.0 Å². The maximum Gasteiger partial charge on any atom is 0.308 e. The molecule has 2 N–H and O–H groups in total. The van der Waals surface area contributed by atoms with Gasteiger partial charge in [-0.2, -0.15) is 0 Å². The molecule has 0 bridgehead atoms. The van der Waals surface area contributed by atoms with Crippen molar-refractivity contribution in [3.63, 3.8) is 0 Å². The molecule has 19 heavy (non-hydrogen) atoms. The van der Waals surface area contributed by atoms with Crippen LogP contribution in [0.5, 0.6) is 0 Å². The van der Waals surface area contributed by atoms with Crippen molar-refractivity contribution in [3.05, 3.63) is 35.4 Å². The lowest BCUT2D eigenvalue weighted by Gasteiger charge is -2.11. The Morgan fingerprint density at radius 3 is 2.42 bits per heavy atom. The zero-order chi connectivity index (χ0) is 14.3. The average molecular weight is 263 g/mol. The molecule has 0 heterocycles. The maximum atomic E-state index is 11.6. The van der Waals surface area contributed by atoms with Crippen LogP contribution in [0.3, 0.4) is 0 Å². The van der Waals surface area contributed by atoms with Crippen molar-refractivity contribution in [2.75, 3.05) is 6.54 Å². The summed E-state index contributed by atoms with van der Waals surface area (Å²) in [5.74, 6) is -1.45. The van der Waals surface area contributed by atoms with E-state index >= 15 is 0 Å². The molecule has 1 amide bonds. The third-order valence-corrected chi connectivity index (χ3v) is 3.15. The minimum absolute atomic E-state index is 0.0970. The highest BCUT2D eigenvalue weighted by Crippen LogP contribution is 2.06. The number of nitrogens with one attached hydrogen (secondary N) is 1. The van der Waals surface area contributed by atoms with Gasteiger partial charge in [-0.1, -0.05) is 36.8 Å². The first kappa shape index (κ1) is 15.2. The summed E-state index contributed by atoms with van der Waals surface area (Å²) in [5.41, 5.74) is 2.31. The molecule has 1 atom stereocenters. The van der Waals surface area contributed by atoms with Crippen molar-refractivity contribution >= 4 is 11.9 Å². The molecular weight excluding hydrogens is 242 g/mol. The lowest BCUT2D eigenvalue weighted by molar-refractivity contribution is -0.141. The highest BCUT2D eigenvalue weighted by Gasteiger charge is 2.15. The fourth-order valence-corrected chi connectivity index (χ4v) is 1.74. The predicted octanol–water partition coefficient (Wildman–Crippen LogP) is 2.15. The smallest absolute Gasteiger partial charge is 0.308 e. The summed E-state index contributed by atoms with van der Waals surface area (Å²) in [6.45, 7) is 4.03. The zero-order valence-electron chi connectivity index (χ0n) is 11.5. The summed E-state index contributed by atoms with van der Waals surface area (Å²) in [5, 5.41) is 11.5. The third-order valence-electron chi connectivity index (χ3n) is 3.15. The summed E-state index contributed by atoms with van der Waals surface area (Å²) in [6.07, 6.45) is 1.59. The van der Waals surface area contributed by atoms with Gasteiger partial charge in [0.05, 0.1) is 5.92 Å². The van der Waals surface area contributed by atoms with E-state index in [-0.39, 0.29) is 12.5 Å². The van der Waals surface area contributed by atoms with Crippen molar-refractivity contribution in [3.8, 4) is 0 Å². The van der Waals surface area contributed by atoms with Gasteiger partial charge in [-0.3, -0.25) is 9.59 Å². The van der Waals surface area contributed by atoms with Crippen LogP contribution in [0, 0.1) is 12.8 Å². The number of carbonyl (C=O) groups excluding carboxylic acids is 1. The number of hydrogen-bond donors (Lipinski definition) is 2. The zero-order valence-corrected chi connectivity index (χ0v) is 11.5. The molecule has 0 spiro atoms. The standard InChI is InChI=1S/C15H21NO3/c1-3-13(15(18)19)10-16-14(17)9-8-12-6-4-11(2)5-7-12/h4-7,13H,3,8-10H2,1-2H3,(H,16,17)(H,18,19). The highest BCUT2D eigenvalue weighted by atomic mass is 16.4. The summed E-state index contributed by atoms with van der Waals surface area (Å²) in [6, 6.07) is 8.05. The molecule has 4 nitrogen and oxygen atoms in total. The molecule has 0 saturated heterocycles. The summed E-state index contributed by atoms with van der Waals surface area (Å²) in [7, 11) is 0. The highest BCUT2D eigenvalue weighted by molar-refractivity contribution is 5.77. The number of carboxylic acid groups (broad SMARTS) is 1. The van der Waals surface area contributed by atoms with Crippen LogP contribution in [-0.4, -0.2) is 23.5 Å². The number of carboxylic acids is 1. The van der Waals surface area contributed by atoms with Crippen LogP contribution < -0.4 is 5.32 Å². The Labute approximate surface area is 113 Å². The van der Waals surface area contributed by atoms with E-state index in [0.29, 0.717) is 19.3 Å². The molecule has 0 aliphatic carbocycles. The van der Waals surface area contributed by atoms with Gasteiger partial charge in [-0.15, -0.1) is 0 Å². The fourth-order valence-electron chi connectivity index (χ4n) is 1.74. The number of hydrogen-bond acceptors (Lipinski definition) is 2. The minimum Gasteiger partial charge on any atom is -0.481 e. The van der Waals surface area contributed by atoms with Crippen molar-refractivity contribution in [1.82, 2.24) is 5.32 Å². The molecule has 0 aliphatic heterocycles. The van der Waals surface area contributed by atoms with Crippen molar-refractivity contribution in [2.24, 2.45) is 5.92 Å². The third kappa shape index (κ3) is 5.55. The largest absolute Gasteiger partial charge is 0.481 e. The topological polar surface area (TPSA) is 66.4 Å². The van der Waals surface area contributed by atoms with Gasteiger partial charge in [0.2, 0.25) is 5.91 Å². The monoisotopic (exact) mass is 263 g/mol. The maximum absolute atomic E-state index is 11.6. The van der Waals surface area contributed by atoms with Crippen LogP contribution in [0.1, 0.15) is 30.9 Å². The number of carbonyl (C=O) groups is 2. The number of amides is 1. The second kappa shape index (κ2) is 7.56. The number of aryl methyl sites for hydroxylation is 2. The van der Waals surface area contributed by atoms with Crippen LogP contribution >= 0.6 is 0 Å². The first-order chi connectivity index (χ1) is 9.02. The molecule has 0 aliphatic rings. The second-order valence-electron chi connectivity index (χ2n) is 4.73. The normalized spacial score (nSPS) is 11.9. The Morgan fingerprint density at radius 1 is 1.26 bits per heavy atom. The van der Waals surface area contributed by atoms with E-state index in [1.807, 2.05) is 31.2 Å². The van der Waals surface area contributed by atoms with E-state index in [0.717, 1.165) is 5.56 Å². The average Bonchev–Trinajstić information content (AvgIpc) is 2.38. The van der Waals surface area contributed by atoms with Crippen LogP contribution in [0.2, 0.25) is 0 Å². The number of benzene rings is 1. The second-order valence-corrected chi connectivity index (χ2v) is 4.73. The van der Waals surface area contributed by atoms with Gasteiger partial charge in [0.1, 0.15) is 0 Å². The van der Waals surface area contributed by atoms with Gasteiger partial charge in [-0.05, 0) is 25.3 Å². The molecule has 0 radical (unpaired) electrons.